The SMILES string of the molecule is CCOc1ccc(/C=N/NC(=O)c2[nH]ncc2Br)cc1. The van der Waals surface area contributed by atoms with E-state index in [-0.39, 0.29) is 5.91 Å². The van der Waals surface area contributed by atoms with Crippen LogP contribution in [0.4, 0.5) is 0 Å². The average Bonchev–Trinajstić information content (AvgIpc) is 2.87. The Labute approximate surface area is 124 Å². The predicted octanol–water partition coefficient (Wildman–Crippen LogP) is 2.33. The summed E-state index contributed by atoms with van der Waals surface area (Å²) in [5.74, 6) is 0.437. The third-order valence-corrected chi connectivity index (χ3v) is 2.99. The Hall–Kier alpha value is -2.15. The zero-order valence-electron chi connectivity index (χ0n) is 10.8. The number of halogens is 1. The highest BCUT2D eigenvalue weighted by atomic mass is 79.9. The van der Waals surface area contributed by atoms with Crippen molar-refractivity contribution in [3.05, 3.63) is 46.2 Å². The highest BCUT2D eigenvalue weighted by molar-refractivity contribution is 9.10. The second-order valence-electron chi connectivity index (χ2n) is 3.79. The second-order valence-corrected chi connectivity index (χ2v) is 4.65. The summed E-state index contributed by atoms with van der Waals surface area (Å²) in [4.78, 5) is 11.7. The summed E-state index contributed by atoms with van der Waals surface area (Å²) in [5, 5.41) is 10.2. The Balaban J connectivity index is 1.93. The monoisotopic (exact) mass is 336 g/mol. The van der Waals surface area contributed by atoms with E-state index in [0.717, 1.165) is 11.3 Å². The Morgan fingerprint density at radius 2 is 2.25 bits per heavy atom. The van der Waals surface area contributed by atoms with E-state index in [2.05, 4.69) is 36.7 Å². The molecule has 0 bridgehead atoms. The number of aromatic nitrogens is 2. The molecule has 6 nitrogen and oxygen atoms in total. The van der Waals surface area contributed by atoms with Crippen LogP contribution in [-0.4, -0.2) is 28.9 Å². The Kier molecular flexibility index (Phi) is 4.89. The van der Waals surface area contributed by atoms with Crippen LogP contribution < -0.4 is 10.2 Å². The number of carbonyl (C=O) groups excluding carboxylic acids is 1. The summed E-state index contributed by atoms with van der Waals surface area (Å²) >= 11 is 3.21. The van der Waals surface area contributed by atoms with Crippen molar-refractivity contribution in [2.75, 3.05) is 6.61 Å². The number of nitrogens with zero attached hydrogens (tertiary/aromatic N) is 2. The van der Waals surface area contributed by atoms with Gasteiger partial charge in [-0.15, -0.1) is 0 Å². The van der Waals surface area contributed by atoms with Crippen molar-refractivity contribution < 1.29 is 9.53 Å². The molecule has 0 aliphatic carbocycles. The van der Waals surface area contributed by atoms with Gasteiger partial charge < -0.3 is 4.74 Å². The van der Waals surface area contributed by atoms with E-state index >= 15 is 0 Å². The van der Waals surface area contributed by atoms with Gasteiger partial charge in [-0.1, -0.05) is 0 Å². The van der Waals surface area contributed by atoms with Crippen LogP contribution in [0.2, 0.25) is 0 Å². The number of hydrazone groups is 1. The van der Waals surface area contributed by atoms with Crippen LogP contribution in [0.5, 0.6) is 5.75 Å². The van der Waals surface area contributed by atoms with Crippen LogP contribution in [0.1, 0.15) is 23.0 Å². The van der Waals surface area contributed by atoms with E-state index in [1.165, 1.54) is 6.20 Å². The lowest BCUT2D eigenvalue weighted by molar-refractivity contribution is 0.0949. The minimum absolute atomic E-state index is 0.328. The Bertz CT molecular complexity index is 607. The van der Waals surface area contributed by atoms with Crippen LogP contribution in [0.25, 0.3) is 0 Å². The lowest BCUT2D eigenvalue weighted by Crippen LogP contribution is -2.18. The molecular formula is C13H13BrN4O2. The fourth-order valence-electron chi connectivity index (χ4n) is 1.47. The average molecular weight is 337 g/mol. The second kappa shape index (κ2) is 6.85. The first kappa shape index (κ1) is 14.3. The molecule has 0 saturated carbocycles. The van der Waals surface area contributed by atoms with Crippen molar-refractivity contribution in [2.45, 2.75) is 6.92 Å². The van der Waals surface area contributed by atoms with Gasteiger partial charge in [0.1, 0.15) is 11.4 Å². The predicted molar refractivity (Wildman–Crippen MR) is 79.0 cm³/mol. The van der Waals surface area contributed by atoms with Crippen LogP contribution in [0, 0.1) is 0 Å². The van der Waals surface area contributed by atoms with E-state index in [9.17, 15) is 4.79 Å². The zero-order chi connectivity index (χ0) is 14.4. The first-order chi connectivity index (χ1) is 9.70. The molecule has 1 amide bonds. The molecule has 2 aromatic rings. The molecular weight excluding hydrogens is 324 g/mol. The van der Waals surface area contributed by atoms with Crippen LogP contribution in [-0.2, 0) is 0 Å². The molecule has 2 rings (SSSR count). The molecule has 104 valence electrons. The molecule has 0 fully saturated rings. The van der Waals surface area contributed by atoms with E-state index in [4.69, 9.17) is 4.74 Å². The number of rotatable bonds is 5. The minimum atomic E-state index is -0.364. The number of hydrogen-bond donors (Lipinski definition) is 2. The lowest BCUT2D eigenvalue weighted by Gasteiger charge is -2.02. The number of amides is 1. The van der Waals surface area contributed by atoms with Gasteiger partial charge in [0, 0.05) is 0 Å². The van der Waals surface area contributed by atoms with Crippen molar-refractivity contribution in [3.8, 4) is 5.75 Å². The first-order valence-electron chi connectivity index (χ1n) is 5.96. The topological polar surface area (TPSA) is 79.4 Å². The highest BCUT2D eigenvalue weighted by Crippen LogP contribution is 2.12. The van der Waals surface area contributed by atoms with Gasteiger partial charge in [-0.05, 0) is 52.7 Å². The molecule has 20 heavy (non-hydrogen) atoms. The maximum Gasteiger partial charge on any atom is 0.290 e. The fourth-order valence-corrected chi connectivity index (χ4v) is 1.84. The van der Waals surface area contributed by atoms with Gasteiger partial charge in [0.25, 0.3) is 5.91 Å². The summed E-state index contributed by atoms with van der Waals surface area (Å²) in [5.41, 5.74) is 3.60. The van der Waals surface area contributed by atoms with Crippen LogP contribution >= 0.6 is 15.9 Å². The third kappa shape index (κ3) is 3.67. The molecule has 0 atom stereocenters. The third-order valence-electron chi connectivity index (χ3n) is 2.39. The summed E-state index contributed by atoms with van der Waals surface area (Å²) in [6.45, 7) is 2.56. The smallest absolute Gasteiger partial charge is 0.290 e. The van der Waals surface area contributed by atoms with Gasteiger partial charge in [-0.2, -0.15) is 10.2 Å². The molecule has 0 unspecified atom stereocenters. The van der Waals surface area contributed by atoms with Gasteiger partial charge in [-0.25, -0.2) is 5.43 Å². The van der Waals surface area contributed by atoms with Crippen LogP contribution in [0.15, 0.2) is 40.0 Å². The number of ether oxygens (including phenoxy) is 1. The molecule has 7 heteroatoms. The Morgan fingerprint density at radius 1 is 1.50 bits per heavy atom. The maximum atomic E-state index is 11.7. The molecule has 2 N–H and O–H groups in total. The molecule has 0 radical (unpaired) electrons. The molecule has 0 saturated heterocycles. The number of nitrogens with one attached hydrogen (secondary N) is 2. The first-order valence-corrected chi connectivity index (χ1v) is 6.75. The van der Waals surface area contributed by atoms with Crippen LogP contribution in [0.3, 0.4) is 0 Å². The van der Waals surface area contributed by atoms with Crippen molar-refractivity contribution in [3.63, 3.8) is 0 Å². The molecule has 1 aromatic carbocycles. The highest BCUT2D eigenvalue weighted by Gasteiger charge is 2.10. The van der Waals surface area contributed by atoms with Crippen molar-refractivity contribution in [1.29, 1.82) is 0 Å². The molecule has 0 spiro atoms. The number of H-pyrrole nitrogens is 1. The van der Waals surface area contributed by atoms with Crippen molar-refractivity contribution in [2.24, 2.45) is 5.10 Å². The Morgan fingerprint density at radius 3 is 2.85 bits per heavy atom. The standard InChI is InChI=1S/C13H13BrN4O2/c1-2-20-10-5-3-9(4-6-10)7-15-18-13(19)12-11(14)8-16-17-12/h3-8H,2H2,1H3,(H,16,17)(H,18,19)/b15-7+. The van der Waals surface area contributed by atoms with Gasteiger partial charge in [0.2, 0.25) is 0 Å². The lowest BCUT2D eigenvalue weighted by atomic mass is 10.2. The largest absolute Gasteiger partial charge is 0.494 e. The molecule has 0 aliphatic heterocycles. The van der Waals surface area contributed by atoms with Gasteiger partial charge >= 0.3 is 0 Å². The van der Waals surface area contributed by atoms with Crippen molar-refractivity contribution in [1.82, 2.24) is 15.6 Å². The molecule has 0 aliphatic rings. The van der Waals surface area contributed by atoms with Gasteiger partial charge in [0.05, 0.1) is 23.5 Å². The number of aromatic amines is 1. The number of hydrogen-bond acceptors (Lipinski definition) is 4. The van der Waals surface area contributed by atoms with E-state index < -0.39 is 0 Å². The molecule has 1 heterocycles. The maximum absolute atomic E-state index is 11.7. The van der Waals surface area contributed by atoms with E-state index in [0.29, 0.717) is 16.8 Å². The minimum Gasteiger partial charge on any atom is -0.494 e. The van der Waals surface area contributed by atoms with E-state index in [1.807, 2.05) is 31.2 Å². The number of carbonyl (C=O) groups is 1. The number of benzene rings is 1. The fraction of sp³-hybridized carbons (Fsp3) is 0.154. The normalized spacial score (nSPS) is 10.7. The summed E-state index contributed by atoms with van der Waals surface area (Å²) in [7, 11) is 0. The van der Waals surface area contributed by atoms with Gasteiger partial charge in [-0.3, -0.25) is 9.89 Å². The summed E-state index contributed by atoms with van der Waals surface area (Å²) in [6.07, 6.45) is 3.06. The quantitative estimate of drug-likeness (QED) is 0.649. The van der Waals surface area contributed by atoms with E-state index in [1.54, 1.807) is 6.21 Å². The van der Waals surface area contributed by atoms with Gasteiger partial charge in [0.15, 0.2) is 0 Å². The summed E-state index contributed by atoms with van der Waals surface area (Å²) < 4.78 is 5.92. The zero-order valence-corrected chi connectivity index (χ0v) is 12.3. The molecule has 1 aromatic heterocycles. The summed E-state index contributed by atoms with van der Waals surface area (Å²) in [6, 6.07) is 7.40. The van der Waals surface area contributed by atoms with Crippen molar-refractivity contribution >= 4 is 28.1 Å².